The van der Waals surface area contributed by atoms with Gasteiger partial charge in [-0.1, -0.05) is 0 Å². The Kier molecular flexibility index (Phi) is 3.62. The Morgan fingerprint density at radius 3 is 2.39 bits per heavy atom. The molecule has 2 N–H and O–H groups in total. The number of H-pyrrole nitrogens is 1. The number of aromatic amines is 1. The van der Waals surface area contributed by atoms with Crippen LogP contribution in [-0.2, 0) is 0 Å². The van der Waals surface area contributed by atoms with Crippen LogP contribution in [-0.4, -0.2) is 16.7 Å². The molecule has 4 nitrogen and oxygen atoms in total. The van der Waals surface area contributed by atoms with E-state index in [1.807, 2.05) is 0 Å². The van der Waals surface area contributed by atoms with Crippen LogP contribution in [0, 0.1) is 0 Å². The number of ketones is 1. The average Bonchev–Trinajstić information content (AvgIpc) is 2.76. The van der Waals surface area contributed by atoms with Crippen LogP contribution in [0.15, 0.2) is 41.0 Å². The zero-order chi connectivity index (χ0) is 13.1. The van der Waals surface area contributed by atoms with Crippen LogP contribution in [0.2, 0.25) is 0 Å². The topological polar surface area (TPSA) is 62.0 Å². The summed E-state index contributed by atoms with van der Waals surface area (Å²) in [4.78, 5) is 25.8. The van der Waals surface area contributed by atoms with Crippen LogP contribution in [0.3, 0.4) is 0 Å². The fourth-order valence-electron chi connectivity index (χ4n) is 1.49. The lowest BCUT2D eigenvalue weighted by molar-refractivity contribution is 0.101. The van der Waals surface area contributed by atoms with E-state index < -0.39 is 0 Å². The van der Waals surface area contributed by atoms with Gasteiger partial charge < -0.3 is 10.3 Å². The molecule has 0 spiro atoms. The number of anilines is 1. The van der Waals surface area contributed by atoms with E-state index in [0.29, 0.717) is 16.9 Å². The van der Waals surface area contributed by atoms with Gasteiger partial charge in [0.2, 0.25) is 0 Å². The normalized spacial score (nSPS) is 10.1. The van der Waals surface area contributed by atoms with E-state index in [1.54, 1.807) is 36.5 Å². The molecule has 0 saturated carbocycles. The van der Waals surface area contributed by atoms with Gasteiger partial charge in [-0.25, -0.2) is 0 Å². The van der Waals surface area contributed by atoms with E-state index in [2.05, 4.69) is 26.2 Å². The van der Waals surface area contributed by atoms with Crippen LogP contribution >= 0.6 is 15.9 Å². The zero-order valence-corrected chi connectivity index (χ0v) is 11.2. The molecule has 1 amide bonds. The second kappa shape index (κ2) is 5.18. The third-order valence-electron chi connectivity index (χ3n) is 2.44. The Bertz CT molecular complexity index is 587. The SMILES string of the molecule is CC(=O)c1ccc(NC(=O)c2cc(Br)c[nH]2)cc1. The van der Waals surface area contributed by atoms with Crippen LogP contribution in [0.5, 0.6) is 0 Å². The van der Waals surface area contributed by atoms with Gasteiger partial charge in [0.05, 0.1) is 0 Å². The van der Waals surface area contributed by atoms with E-state index in [1.165, 1.54) is 6.92 Å². The molecular formula is C13H11BrN2O2. The van der Waals surface area contributed by atoms with Gasteiger partial charge in [0, 0.05) is 21.9 Å². The van der Waals surface area contributed by atoms with Crippen LogP contribution in [0.25, 0.3) is 0 Å². The molecule has 1 heterocycles. The first kappa shape index (κ1) is 12.6. The van der Waals surface area contributed by atoms with E-state index in [4.69, 9.17) is 0 Å². The Hall–Kier alpha value is -1.88. The predicted molar refractivity (Wildman–Crippen MR) is 72.9 cm³/mol. The minimum Gasteiger partial charge on any atom is -0.356 e. The summed E-state index contributed by atoms with van der Waals surface area (Å²) in [6, 6.07) is 8.46. The maximum atomic E-state index is 11.8. The summed E-state index contributed by atoms with van der Waals surface area (Å²) in [5.41, 5.74) is 1.74. The molecule has 92 valence electrons. The maximum absolute atomic E-state index is 11.8. The summed E-state index contributed by atoms with van der Waals surface area (Å²) < 4.78 is 0.819. The number of Topliss-reactive ketones (excluding diaryl/α,β-unsaturated/α-hetero) is 1. The third-order valence-corrected chi connectivity index (χ3v) is 2.90. The Morgan fingerprint density at radius 1 is 1.22 bits per heavy atom. The first-order chi connectivity index (χ1) is 8.56. The number of carbonyl (C=O) groups is 2. The highest BCUT2D eigenvalue weighted by Gasteiger charge is 2.08. The summed E-state index contributed by atoms with van der Waals surface area (Å²) >= 11 is 3.26. The number of rotatable bonds is 3. The van der Waals surface area contributed by atoms with Crippen LogP contribution in [0.4, 0.5) is 5.69 Å². The summed E-state index contributed by atoms with van der Waals surface area (Å²) in [6.45, 7) is 1.50. The van der Waals surface area contributed by atoms with Crippen molar-refractivity contribution in [2.24, 2.45) is 0 Å². The van der Waals surface area contributed by atoms with Gasteiger partial charge in [0.15, 0.2) is 5.78 Å². The van der Waals surface area contributed by atoms with Crippen molar-refractivity contribution < 1.29 is 9.59 Å². The molecule has 2 rings (SSSR count). The number of amides is 1. The number of benzene rings is 1. The third kappa shape index (κ3) is 2.87. The standard InChI is InChI=1S/C13H11BrN2O2/c1-8(17)9-2-4-11(5-3-9)16-13(18)12-6-10(14)7-15-12/h2-7,15H,1H3,(H,16,18). The van der Waals surface area contributed by atoms with Crippen molar-refractivity contribution in [1.82, 2.24) is 4.98 Å². The van der Waals surface area contributed by atoms with Gasteiger partial charge in [-0.05, 0) is 53.2 Å². The average molecular weight is 307 g/mol. The Morgan fingerprint density at radius 2 is 1.89 bits per heavy atom. The summed E-state index contributed by atoms with van der Waals surface area (Å²) in [5.74, 6) is -0.225. The molecule has 0 unspecified atom stereocenters. The molecule has 1 aromatic carbocycles. The molecule has 0 aliphatic carbocycles. The monoisotopic (exact) mass is 306 g/mol. The number of carbonyl (C=O) groups excluding carboxylic acids is 2. The predicted octanol–water partition coefficient (Wildman–Crippen LogP) is 3.23. The molecule has 5 heteroatoms. The molecule has 0 radical (unpaired) electrons. The fraction of sp³-hybridized carbons (Fsp3) is 0.0769. The highest BCUT2D eigenvalue weighted by Crippen LogP contribution is 2.14. The van der Waals surface area contributed by atoms with Gasteiger partial charge in [-0.2, -0.15) is 0 Å². The van der Waals surface area contributed by atoms with Crippen molar-refractivity contribution in [3.05, 3.63) is 52.3 Å². The molecule has 0 saturated heterocycles. The van der Waals surface area contributed by atoms with Gasteiger partial charge in [-0.15, -0.1) is 0 Å². The first-order valence-electron chi connectivity index (χ1n) is 5.32. The van der Waals surface area contributed by atoms with Crippen molar-refractivity contribution in [2.75, 3.05) is 5.32 Å². The van der Waals surface area contributed by atoms with Gasteiger partial charge in [-0.3, -0.25) is 9.59 Å². The smallest absolute Gasteiger partial charge is 0.272 e. The van der Waals surface area contributed by atoms with Crippen LogP contribution < -0.4 is 5.32 Å². The number of nitrogens with one attached hydrogen (secondary N) is 2. The number of hydrogen-bond acceptors (Lipinski definition) is 2. The molecule has 0 fully saturated rings. The maximum Gasteiger partial charge on any atom is 0.272 e. The van der Waals surface area contributed by atoms with E-state index in [0.717, 1.165) is 4.47 Å². The van der Waals surface area contributed by atoms with Crippen molar-refractivity contribution in [3.8, 4) is 0 Å². The first-order valence-corrected chi connectivity index (χ1v) is 6.12. The molecule has 0 aliphatic heterocycles. The number of aromatic nitrogens is 1. The summed E-state index contributed by atoms with van der Waals surface area (Å²) in [5, 5.41) is 2.74. The van der Waals surface area contributed by atoms with Crippen molar-refractivity contribution >= 4 is 33.3 Å². The number of halogens is 1. The van der Waals surface area contributed by atoms with Gasteiger partial charge in [0.25, 0.3) is 5.91 Å². The minimum atomic E-state index is -0.226. The molecule has 0 atom stereocenters. The largest absolute Gasteiger partial charge is 0.356 e. The lowest BCUT2D eigenvalue weighted by Gasteiger charge is -2.04. The molecule has 2 aromatic rings. The van der Waals surface area contributed by atoms with E-state index in [9.17, 15) is 9.59 Å². The summed E-state index contributed by atoms with van der Waals surface area (Å²) in [6.07, 6.45) is 1.69. The Labute approximate surface area is 113 Å². The lowest BCUT2D eigenvalue weighted by atomic mass is 10.1. The second-order valence-electron chi connectivity index (χ2n) is 3.82. The van der Waals surface area contributed by atoms with E-state index >= 15 is 0 Å². The van der Waals surface area contributed by atoms with Crippen molar-refractivity contribution in [1.29, 1.82) is 0 Å². The lowest BCUT2D eigenvalue weighted by Crippen LogP contribution is -2.12. The fourth-order valence-corrected chi connectivity index (χ4v) is 1.83. The highest BCUT2D eigenvalue weighted by molar-refractivity contribution is 9.10. The van der Waals surface area contributed by atoms with E-state index in [-0.39, 0.29) is 11.7 Å². The zero-order valence-electron chi connectivity index (χ0n) is 9.66. The highest BCUT2D eigenvalue weighted by atomic mass is 79.9. The van der Waals surface area contributed by atoms with Crippen molar-refractivity contribution in [3.63, 3.8) is 0 Å². The molecule has 0 bridgehead atoms. The van der Waals surface area contributed by atoms with Crippen molar-refractivity contribution in [2.45, 2.75) is 6.92 Å². The number of hydrogen-bond donors (Lipinski definition) is 2. The second-order valence-corrected chi connectivity index (χ2v) is 4.73. The molecule has 1 aromatic heterocycles. The Balaban J connectivity index is 2.10. The van der Waals surface area contributed by atoms with Crippen LogP contribution in [0.1, 0.15) is 27.8 Å². The van der Waals surface area contributed by atoms with Gasteiger partial charge in [0.1, 0.15) is 5.69 Å². The molecule has 18 heavy (non-hydrogen) atoms. The quantitative estimate of drug-likeness (QED) is 0.855. The van der Waals surface area contributed by atoms with Gasteiger partial charge >= 0.3 is 0 Å². The minimum absolute atomic E-state index is 0.00109. The molecule has 0 aliphatic rings. The summed E-state index contributed by atoms with van der Waals surface area (Å²) in [7, 11) is 0. The molecular weight excluding hydrogens is 296 g/mol.